The summed E-state index contributed by atoms with van der Waals surface area (Å²) >= 11 is 0. The zero-order valence-corrected chi connectivity index (χ0v) is 12.6. The van der Waals surface area contributed by atoms with Gasteiger partial charge in [-0.1, -0.05) is 35.7 Å². The summed E-state index contributed by atoms with van der Waals surface area (Å²) in [7, 11) is 0. The number of Topliss-reactive ketones (excluding diaryl/α,β-unsaturated/α-hetero) is 1. The Labute approximate surface area is 129 Å². The van der Waals surface area contributed by atoms with Gasteiger partial charge >= 0.3 is 5.97 Å². The minimum absolute atomic E-state index is 0.296. The number of carbonyl (C=O) groups is 2. The van der Waals surface area contributed by atoms with Crippen LogP contribution in [0, 0.1) is 18.8 Å². The molecule has 3 nitrogen and oxygen atoms in total. The molecule has 0 amide bonds. The van der Waals surface area contributed by atoms with E-state index < -0.39 is 5.97 Å². The predicted molar refractivity (Wildman–Crippen MR) is 84.8 cm³/mol. The van der Waals surface area contributed by atoms with Gasteiger partial charge in [0.1, 0.15) is 0 Å². The second-order valence-corrected chi connectivity index (χ2v) is 4.75. The van der Waals surface area contributed by atoms with Crippen molar-refractivity contribution in [2.45, 2.75) is 13.8 Å². The van der Waals surface area contributed by atoms with Crippen molar-refractivity contribution in [2.75, 3.05) is 6.61 Å². The molecule has 0 N–H and O–H groups in total. The highest BCUT2D eigenvalue weighted by atomic mass is 16.5. The van der Waals surface area contributed by atoms with E-state index in [-0.39, 0.29) is 5.78 Å². The Morgan fingerprint density at radius 1 is 1.05 bits per heavy atom. The van der Waals surface area contributed by atoms with Crippen LogP contribution >= 0.6 is 0 Å². The van der Waals surface area contributed by atoms with Gasteiger partial charge < -0.3 is 4.74 Å². The number of hydrogen-bond donors (Lipinski definition) is 0. The average molecular weight is 292 g/mol. The van der Waals surface area contributed by atoms with Gasteiger partial charge in [0.15, 0.2) is 0 Å². The maximum Gasteiger partial charge on any atom is 0.338 e. The first-order chi connectivity index (χ1) is 10.6. The molecule has 2 aromatic rings. The third kappa shape index (κ3) is 4.07. The third-order valence-electron chi connectivity index (χ3n) is 3.01. The molecule has 3 heteroatoms. The SMILES string of the molecule is CCOC(=O)c1cccc(C(=O)C#Cc2ccc(C)cc2)c1. The maximum atomic E-state index is 12.1. The number of carbonyl (C=O) groups excluding carboxylic acids is 2. The Morgan fingerprint density at radius 3 is 2.41 bits per heavy atom. The van der Waals surface area contributed by atoms with Crippen LogP contribution in [0.1, 0.15) is 38.8 Å². The van der Waals surface area contributed by atoms with Crippen molar-refractivity contribution in [3.63, 3.8) is 0 Å². The number of hydrogen-bond acceptors (Lipinski definition) is 3. The summed E-state index contributed by atoms with van der Waals surface area (Å²) < 4.78 is 4.92. The number of benzene rings is 2. The van der Waals surface area contributed by atoms with Crippen LogP contribution in [-0.2, 0) is 4.74 Å². The molecule has 0 unspecified atom stereocenters. The van der Waals surface area contributed by atoms with E-state index in [2.05, 4.69) is 11.8 Å². The summed E-state index contributed by atoms with van der Waals surface area (Å²) in [4.78, 5) is 23.8. The lowest BCUT2D eigenvalue weighted by atomic mass is 10.1. The monoisotopic (exact) mass is 292 g/mol. The molecule has 0 heterocycles. The minimum atomic E-state index is -0.441. The van der Waals surface area contributed by atoms with Crippen molar-refractivity contribution in [3.8, 4) is 11.8 Å². The fourth-order valence-electron chi connectivity index (χ4n) is 1.84. The Bertz CT molecular complexity index is 746. The molecule has 0 aliphatic carbocycles. The van der Waals surface area contributed by atoms with Crippen LogP contribution in [0.4, 0.5) is 0 Å². The van der Waals surface area contributed by atoms with Gasteiger partial charge in [-0.3, -0.25) is 4.79 Å². The van der Waals surface area contributed by atoms with Crippen LogP contribution in [0.2, 0.25) is 0 Å². The van der Waals surface area contributed by atoms with E-state index in [1.54, 1.807) is 25.1 Å². The topological polar surface area (TPSA) is 43.4 Å². The molecule has 0 atom stereocenters. The van der Waals surface area contributed by atoms with E-state index in [9.17, 15) is 9.59 Å². The van der Waals surface area contributed by atoms with Gasteiger partial charge in [0.2, 0.25) is 5.78 Å². The molecule has 0 aliphatic rings. The fourth-order valence-corrected chi connectivity index (χ4v) is 1.84. The average Bonchev–Trinajstić information content (AvgIpc) is 2.54. The summed E-state index contributed by atoms with van der Waals surface area (Å²) in [5, 5.41) is 0. The zero-order valence-electron chi connectivity index (χ0n) is 12.6. The predicted octanol–water partition coefficient (Wildman–Crippen LogP) is 3.41. The summed E-state index contributed by atoms with van der Waals surface area (Å²) in [5.41, 5.74) is 2.65. The van der Waals surface area contributed by atoms with E-state index in [0.29, 0.717) is 17.7 Å². The van der Waals surface area contributed by atoms with Gasteiger partial charge in [-0.2, -0.15) is 0 Å². The minimum Gasteiger partial charge on any atom is -0.462 e. The Kier molecular flexibility index (Phi) is 5.11. The molecule has 0 saturated carbocycles. The summed E-state index contributed by atoms with van der Waals surface area (Å²) in [5.74, 6) is 4.65. The Balaban J connectivity index is 2.18. The van der Waals surface area contributed by atoms with Crippen molar-refractivity contribution in [2.24, 2.45) is 0 Å². The first-order valence-electron chi connectivity index (χ1n) is 7.00. The smallest absolute Gasteiger partial charge is 0.338 e. The van der Waals surface area contributed by atoms with Crippen molar-refractivity contribution in [3.05, 3.63) is 70.8 Å². The number of ether oxygens (including phenoxy) is 1. The van der Waals surface area contributed by atoms with Gasteiger partial charge in [0.05, 0.1) is 12.2 Å². The molecule has 0 spiro atoms. The lowest BCUT2D eigenvalue weighted by Gasteiger charge is -2.02. The molecular weight excluding hydrogens is 276 g/mol. The number of esters is 1. The van der Waals surface area contributed by atoms with Crippen molar-refractivity contribution in [1.29, 1.82) is 0 Å². The molecule has 2 aromatic carbocycles. The van der Waals surface area contributed by atoms with Crippen molar-refractivity contribution in [1.82, 2.24) is 0 Å². The van der Waals surface area contributed by atoms with E-state index in [0.717, 1.165) is 11.1 Å². The lowest BCUT2D eigenvalue weighted by Crippen LogP contribution is -2.06. The third-order valence-corrected chi connectivity index (χ3v) is 3.01. The van der Waals surface area contributed by atoms with Crippen LogP contribution in [-0.4, -0.2) is 18.4 Å². The van der Waals surface area contributed by atoms with Gasteiger partial charge in [0.25, 0.3) is 0 Å². The fraction of sp³-hybridized carbons (Fsp3) is 0.158. The number of aryl methyl sites for hydroxylation is 1. The van der Waals surface area contributed by atoms with Crippen molar-refractivity contribution >= 4 is 11.8 Å². The molecule has 110 valence electrons. The van der Waals surface area contributed by atoms with Crippen LogP contribution in [0.5, 0.6) is 0 Å². The number of ketones is 1. The first-order valence-corrected chi connectivity index (χ1v) is 7.00. The lowest BCUT2D eigenvalue weighted by molar-refractivity contribution is 0.0526. The maximum absolute atomic E-state index is 12.1. The second kappa shape index (κ2) is 7.24. The summed E-state index contributed by atoms with van der Waals surface area (Å²) in [6, 6.07) is 14.0. The normalized spacial score (nSPS) is 9.55. The molecule has 0 radical (unpaired) electrons. The largest absolute Gasteiger partial charge is 0.462 e. The molecular formula is C19H16O3. The highest BCUT2D eigenvalue weighted by Gasteiger charge is 2.09. The Hall–Kier alpha value is -2.86. The van der Waals surface area contributed by atoms with Gasteiger partial charge in [-0.25, -0.2) is 4.79 Å². The van der Waals surface area contributed by atoms with Gasteiger partial charge in [0, 0.05) is 11.1 Å². The van der Waals surface area contributed by atoms with E-state index in [1.165, 1.54) is 6.07 Å². The van der Waals surface area contributed by atoms with E-state index in [1.807, 2.05) is 31.2 Å². The van der Waals surface area contributed by atoms with Gasteiger partial charge in [-0.15, -0.1) is 0 Å². The second-order valence-electron chi connectivity index (χ2n) is 4.75. The van der Waals surface area contributed by atoms with Crippen molar-refractivity contribution < 1.29 is 14.3 Å². The summed E-state index contributed by atoms with van der Waals surface area (Å²) in [6.45, 7) is 4.02. The Morgan fingerprint density at radius 2 is 1.73 bits per heavy atom. The van der Waals surface area contributed by atoms with Crippen LogP contribution in [0.3, 0.4) is 0 Å². The molecule has 0 aromatic heterocycles. The highest BCUT2D eigenvalue weighted by molar-refractivity contribution is 6.10. The molecule has 0 fully saturated rings. The van der Waals surface area contributed by atoms with Gasteiger partial charge in [-0.05, 0) is 44.0 Å². The molecule has 2 rings (SSSR count). The zero-order chi connectivity index (χ0) is 15.9. The quantitative estimate of drug-likeness (QED) is 0.494. The standard InChI is InChI=1S/C19H16O3/c1-3-22-19(21)17-6-4-5-16(13-17)18(20)12-11-15-9-7-14(2)8-10-15/h4-10,13H,3H2,1-2H3. The first kappa shape index (κ1) is 15.5. The molecule has 0 saturated heterocycles. The highest BCUT2D eigenvalue weighted by Crippen LogP contribution is 2.08. The van der Waals surface area contributed by atoms with Crippen LogP contribution in [0.25, 0.3) is 0 Å². The molecule has 22 heavy (non-hydrogen) atoms. The van der Waals surface area contributed by atoms with E-state index in [4.69, 9.17) is 4.74 Å². The number of rotatable bonds is 3. The molecule has 0 bridgehead atoms. The van der Waals surface area contributed by atoms with Crippen LogP contribution in [0.15, 0.2) is 48.5 Å². The molecule has 0 aliphatic heterocycles. The van der Waals surface area contributed by atoms with Crippen LogP contribution < -0.4 is 0 Å². The summed E-state index contributed by atoms with van der Waals surface area (Å²) in [6.07, 6.45) is 0. The van der Waals surface area contributed by atoms with E-state index >= 15 is 0 Å².